The highest BCUT2D eigenvalue weighted by Crippen LogP contribution is 2.36. The van der Waals surface area contributed by atoms with Crippen LogP contribution in [0.1, 0.15) is 21.5 Å². The maximum absolute atomic E-state index is 14.1. The van der Waals surface area contributed by atoms with Crippen molar-refractivity contribution < 1.29 is 22.4 Å². The van der Waals surface area contributed by atoms with Gasteiger partial charge in [0.1, 0.15) is 5.82 Å². The number of hydrogen-bond acceptors (Lipinski definition) is 1. The smallest absolute Gasteiger partial charge is 0.366 e. The number of fused-ring (bicyclic) bond motifs is 3. The average Bonchev–Trinajstić information content (AvgIpc) is 3.11. The van der Waals surface area contributed by atoms with Crippen LogP contribution in [0, 0.1) is 5.82 Å². The minimum absolute atomic E-state index is 0.0485. The molecule has 5 aromatic rings. The van der Waals surface area contributed by atoms with Crippen molar-refractivity contribution in [3.63, 3.8) is 0 Å². The van der Waals surface area contributed by atoms with Crippen molar-refractivity contribution >= 4 is 39.3 Å². The third kappa shape index (κ3) is 4.23. The Morgan fingerprint density at radius 1 is 0.886 bits per heavy atom. The normalized spacial score (nSPS) is 11.9. The SMILES string of the molecule is NC(=O)c1cccc2c1c1ccc(-c3ccc(Cl)cc3)cc1n2Cc1cc(F)cc(C(F)(F)F)c1. The summed E-state index contributed by atoms with van der Waals surface area (Å²) in [6.07, 6.45) is -4.68. The maximum Gasteiger partial charge on any atom is 0.416 e. The lowest BCUT2D eigenvalue weighted by Crippen LogP contribution is -2.11. The van der Waals surface area contributed by atoms with Gasteiger partial charge in [0.05, 0.1) is 16.6 Å². The van der Waals surface area contributed by atoms with Gasteiger partial charge in [0.25, 0.3) is 0 Å². The summed E-state index contributed by atoms with van der Waals surface area (Å²) < 4.78 is 55.8. The van der Waals surface area contributed by atoms with Gasteiger partial charge in [0.2, 0.25) is 5.91 Å². The second kappa shape index (κ2) is 8.43. The van der Waals surface area contributed by atoms with E-state index in [-0.39, 0.29) is 12.1 Å². The van der Waals surface area contributed by atoms with Crippen molar-refractivity contribution in [3.05, 3.63) is 106 Å². The highest BCUT2D eigenvalue weighted by molar-refractivity contribution is 6.30. The third-order valence-corrected chi connectivity index (χ3v) is 6.21. The number of rotatable bonds is 4. The third-order valence-electron chi connectivity index (χ3n) is 5.96. The van der Waals surface area contributed by atoms with Gasteiger partial charge >= 0.3 is 6.18 Å². The number of primary amides is 1. The molecular weight excluding hydrogens is 480 g/mol. The minimum Gasteiger partial charge on any atom is -0.366 e. The van der Waals surface area contributed by atoms with E-state index in [1.165, 1.54) is 0 Å². The summed E-state index contributed by atoms with van der Waals surface area (Å²) in [4.78, 5) is 12.2. The Morgan fingerprint density at radius 3 is 2.29 bits per heavy atom. The van der Waals surface area contributed by atoms with Crippen LogP contribution >= 0.6 is 11.6 Å². The molecule has 8 heteroatoms. The van der Waals surface area contributed by atoms with Crippen LogP contribution in [0.4, 0.5) is 17.6 Å². The second-order valence-electron chi connectivity index (χ2n) is 8.23. The molecule has 5 rings (SSSR count). The molecule has 0 spiro atoms. The zero-order valence-corrected chi connectivity index (χ0v) is 18.8. The first-order valence-corrected chi connectivity index (χ1v) is 11.0. The molecule has 0 radical (unpaired) electrons. The molecule has 1 aromatic heterocycles. The van der Waals surface area contributed by atoms with E-state index in [4.69, 9.17) is 17.3 Å². The van der Waals surface area contributed by atoms with Gasteiger partial charge in [-0.2, -0.15) is 13.2 Å². The Bertz CT molecular complexity index is 1600. The highest BCUT2D eigenvalue weighted by atomic mass is 35.5. The molecular formula is C27H17ClF4N2O. The first-order chi connectivity index (χ1) is 16.6. The summed E-state index contributed by atoms with van der Waals surface area (Å²) in [5, 5.41) is 1.88. The molecule has 1 heterocycles. The number of alkyl halides is 3. The number of nitrogens with two attached hydrogens (primary N) is 1. The van der Waals surface area contributed by atoms with Crippen LogP contribution in [0.3, 0.4) is 0 Å². The monoisotopic (exact) mass is 496 g/mol. The molecule has 0 atom stereocenters. The Labute approximate surface area is 202 Å². The molecule has 2 N–H and O–H groups in total. The first-order valence-electron chi connectivity index (χ1n) is 10.6. The van der Waals surface area contributed by atoms with Gasteiger partial charge in [-0.15, -0.1) is 0 Å². The number of halogens is 5. The second-order valence-corrected chi connectivity index (χ2v) is 8.67. The Balaban J connectivity index is 1.77. The lowest BCUT2D eigenvalue weighted by atomic mass is 10.0. The van der Waals surface area contributed by atoms with E-state index in [2.05, 4.69) is 0 Å². The molecule has 0 saturated carbocycles. The van der Waals surface area contributed by atoms with Crippen LogP contribution in [0.2, 0.25) is 5.02 Å². The van der Waals surface area contributed by atoms with E-state index in [9.17, 15) is 22.4 Å². The molecule has 0 aliphatic rings. The molecule has 176 valence electrons. The molecule has 0 bridgehead atoms. The highest BCUT2D eigenvalue weighted by Gasteiger charge is 2.31. The topological polar surface area (TPSA) is 48.0 Å². The van der Waals surface area contributed by atoms with E-state index >= 15 is 0 Å². The zero-order valence-electron chi connectivity index (χ0n) is 18.0. The maximum atomic E-state index is 14.1. The van der Waals surface area contributed by atoms with Gasteiger partial charge in [-0.05, 0) is 65.2 Å². The first kappa shape index (κ1) is 22.9. The molecule has 0 aliphatic heterocycles. The Kier molecular flexibility index (Phi) is 5.52. The van der Waals surface area contributed by atoms with Gasteiger partial charge in [-0.3, -0.25) is 4.79 Å². The molecule has 1 amide bonds. The number of carbonyl (C=O) groups is 1. The number of aromatic nitrogens is 1. The van der Waals surface area contributed by atoms with Crippen LogP contribution in [-0.4, -0.2) is 10.5 Å². The fraction of sp³-hybridized carbons (Fsp3) is 0.0741. The lowest BCUT2D eigenvalue weighted by Gasteiger charge is -2.12. The van der Waals surface area contributed by atoms with Crippen LogP contribution in [0.5, 0.6) is 0 Å². The fourth-order valence-corrected chi connectivity index (χ4v) is 4.56. The quantitative estimate of drug-likeness (QED) is 0.259. The number of nitrogens with zero attached hydrogens (tertiary/aromatic N) is 1. The number of hydrogen-bond donors (Lipinski definition) is 1. The summed E-state index contributed by atoms with van der Waals surface area (Å²) in [6, 6.07) is 20.3. The Hall–Kier alpha value is -3.84. The van der Waals surface area contributed by atoms with Gasteiger partial charge in [0, 0.05) is 27.9 Å². The van der Waals surface area contributed by atoms with Crippen LogP contribution < -0.4 is 5.73 Å². The largest absolute Gasteiger partial charge is 0.416 e. The average molecular weight is 497 g/mol. The van der Waals surface area contributed by atoms with Gasteiger partial charge in [0.15, 0.2) is 0 Å². The number of amides is 1. The molecule has 0 saturated heterocycles. The van der Waals surface area contributed by atoms with Crippen molar-refractivity contribution in [3.8, 4) is 11.1 Å². The van der Waals surface area contributed by atoms with E-state index in [0.29, 0.717) is 38.5 Å². The van der Waals surface area contributed by atoms with Gasteiger partial charge < -0.3 is 10.3 Å². The number of benzene rings is 4. The van der Waals surface area contributed by atoms with E-state index in [1.54, 1.807) is 34.9 Å². The summed E-state index contributed by atoms with van der Waals surface area (Å²) in [6.45, 7) is -0.0485. The molecule has 35 heavy (non-hydrogen) atoms. The molecule has 0 unspecified atom stereocenters. The van der Waals surface area contributed by atoms with Crippen molar-refractivity contribution in [2.75, 3.05) is 0 Å². The van der Waals surface area contributed by atoms with Crippen molar-refractivity contribution in [1.82, 2.24) is 4.57 Å². The molecule has 0 fully saturated rings. The predicted molar refractivity (Wildman–Crippen MR) is 129 cm³/mol. The summed E-state index contributed by atoms with van der Waals surface area (Å²) in [5.74, 6) is -1.60. The summed E-state index contributed by atoms with van der Waals surface area (Å²) in [5.41, 5.74) is 7.98. The van der Waals surface area contributed by atoms with Gasteiger partial charge in [-0.25, -0.2) is 4.39 Å². The van der Waals surface area contributed by atoms with Crippen LogP contribution in [-0.2, 0) is 12.7 Å². The summed E-state index contributed by atoms with van der Waals surface area (Å²) >= 11 is 6.01. The minimum atomic E-state index is -4.68. The standard InChI is InChI=1S/C27H17ClF4N2O/c28-19-7-4-16(5-8-19)17-6-9-21-24(12-17)34(23-3-1-2-22(25(21)23)26(33)35)14-15-10-18(27(30,31)32)13-20(29)11-15/h1-13H,14H2,(H2,33,35). The fourth-order valence-electron chi connectivity index (χ4n) is 4.43. The van der Waals surface area contributed by atoms with Crippen LogP contribution in [0.25, 0.3) is 32.9 Å². The molecule has 3 nitrogen and oxygen atoms in total. The lowest BCUT2D eigenvalue weighted by molar-refractivity contribution is -0.137. The van der Waals surface area contributed by atoms with E-state index < -0.39 is 23.5 Å². The van der Waals surface area contributed by atoms with Gasteiger partial charge in [-0.1, -0.05) is 41.9 Å². The summed E-state index contributed by atoms with van der Waals surface area (Å²) in [7, 11) is 0. The van der Waals surface area contributed by atoms with Crippen LogP contribution in [0.15, 0.2) is 78.9 Å². The Morgan fingerprint density at radius 2 is 1.60 bits per heavy atom. The van der Waals surface area contributed by atoms with Crippen molar-refractivity contribution in [2.24, 2.45) is 5.73 Å². The van der Waals surface area contributed by atoms with E-state index in [0.717, 1.165) is 23.3 Å². The molecule has 4 aromatic carbocycles. The molecule has 0 aliphatic carbocycles. The zero-order chi connectivity index (χ0) is 24.9. The predicted octanol–water partition coefficient (Wildman–Crippen LogP) is 7.42. The van der Waals surface area contributed by atoms with Crippen molar-refractivity contribution in [1.29, 1.82) is 0 Å². The number of carbonyl (C=O) groups excluding carboxylic acids is 1. The van der Waals surface area contributed by atoms with E-state index in [1.807, 2.05) is 30.3 Å². The van der Waals surface area contributed by atoms with Crippen molar-refractivity contribution in [2.45, 2.75) is 12.7 Å².